The van der Waals surface area contributed by atoms with E-state index in [-0.39, 0.29) is 5.56 Å². The average molecular weight is 378 g/mol. The third-order valence-electron chi connectivity index (χ3n) is 4.34. The number of halogens is 1. The molecular formula is C21H16ClN3O2. The number of fused-ring (bicyclic) bond motifs is 1. The van der Waals surface area contributed by atoms with Gasteiger partial charge in [-0.3, -0.25) is 0 Å². The molecule has 0 unspecified atom stereocenters. The van der Waals surface area contributed by atoms with Crippen LogP contribution >= 0.6 is 11.6 Å². The van der Waals surface area contributed by atoms with Crippen molar-refractivity contribution < 1.29 is 9.90 Å². The van der Waals surface area contributed by atoms with Gasteiger partial charge in [0, 0.05) is 29.3 Å². The molecule has 0 fully saturated rings. The zero-order chi connectivity index (χ0) is 18.8. The molecule has 0 radical (unpaired) electrons. The van der Waals surface area contributed by atoms with Gasteiger partial charge in [0.15, 0.2) is 0 Å². The number of benzene rings is 2. The second-order valence-corrected chi connectivity index (χ2v) is 6.58. The number of hydrogen-bond acceptors (Lipinski definition) is 3. The molecule has 2 N–H and O–H groups in total. The summed E-state index contributed by atoms with van der Waals surface area (Å²) < 4.78 is 2.07. The quantitative estimate of drug-likeness (QED) is 0.503. The van der Waals surface area contributed by atoms with Gasteiger partial charge in [-0.25, -0.2) is 9.78 Å². The summed E-state index contributed by atoms with van der Waals surface area (Å²) in [5, 5.41) is 13.9. The van der Waals surface area contributed by atoms with Crippen molar-refractivity contribution in [3.05, 3.63) is 89.2 Å². The Labute approximate surface area is 160 Å². The molecule has 2 aromatic carbocycles. The summed E-state index contributed by atoms with van der Waals surface area (Å²) in [6.07, 6.45) is 3.69. The molecule has 6 heteroatoms. The number of nitrogens with one attached hydrogen (secondary N) is 1. The van der Waals surface area contributed by atoms with Gasteiger partial charge in [0.2, 0.25) is 0 Å². The van der Waals surface area contributed by atoms with E-state index in [9.17, 15) is 9.90 Å². The van der Waals surface area contributed by atoms with E-state index in [1.54, 1.807) is 18.3 Å². The van der Waals surface area contributed by atoms with Crippen LogP contribution in [0.2, 0.25) is 5.02 Å². The zero-order valence-electron chi connectivity index (χ0n) is 14.3. The van der Waals surface area contributed by atoms with Crippen LogP contribution in [-0.2, 0) is 6.54 Å². The normalized spacial score (nSPS) is 10.9. The first kappa shape index (κ1) is 17.1. The molecule has 0 aliphatic rings. The highest BCUT2D eigenvalue weighted by molar-refractivity contribution is 6.31. The lowest BCUT2D eigenvalue weighted by molar-refractivity contribution is 0.0698. The van der Waals surface area contributed by atoms with Crippen LogP contribution in [0.3, 0.4) is 0 Å². The van der Waals surface area contributed by atoms with Crippen LogP contribution in [0.25, 0.3) is 11.0 Å². The number of hydrogen-bond donors (Lipinski definition) is 2. The minimum absolute atomic E-state index is 0.121. The molecule has 0 bridgehead atoms. The van der Waals surface area contributed by atoms with E-state index in [0.29, 0.717) is 17.3 Å². The molecule has 0 aliphatic carbocycles. The molecule has 0 saturated heterocycles. The fraction of sp³-hybridized carbons (Fsp3) is 0.0476. The van der Waals surface area contributed by atoms with Crippen LogP contribution in [0.4, 0.5) is 11.4 Å². The van der Waals surface area contributed by atoms with E-state index in [0.717, 1.165) is 16.7 Å². The van der Waals surface area contributed by atoms with E-state index in [1.807, 2.05) is 36.5 Å². The lowest BCUT2D eigenvalue weighted by atomic mass is 10.1. The van der Waals surface area contributed by atoms with Crippen molar-refractivity contribution in [2.24, 2.45) is 0 Å². The van der Waals surface area contributed by atoms with Crippen molar-refractivity contribution >= 4 is 40.0 Å². The summed E-state index contributed by atoms with van der Waals surface area (Å²) in [7, 11) is 0. The van der Waals surface area contributed by atoms with E-state index in [4.69, 9.17) is 11.6 Å². The molecule has 27 heavy (non-hydrogen) atoms. The number of aromatic carboxylic acids is 1. The molecule has 2 heterocycles. The summed E-state index contributed by atoms with van der Waals surface area (Å²) in [5.74, 6) is -1.04. The molecule has 4 rings (SSSR count). The van der Waals surface area contributed by atoms with E-state index in [2.05, 4.69) is 27.0 Å². The number of anilines is 2. The molecule has 134 valence electrons. The highest BCUT2D eigenvalue weighted by atomic mass is 35.5. The van der Waals surface area contributed by atoms with Crippen LogP contribution in [0, 0.1) is 0 Å². The summed E-state index contributed by atoms with van der Waals surface area (Å²) in [6, 6.07) is 18.7. The van der Waals surface area contributed by atoms with E-state index in [1.165, 1.54) is 11.6 Å². The van der Waals surface area contributed by atoms with Crippen molar-refractivity contribution in [3.63, 3.8) is 0 Å². The Morgan fingerprint density at radius 2 is 1.89 bits per heavy atom. The van der Waals surface area contributed by atoms with Crippen molar-refractivity contribution in [2.75, 3.05) is 5.32 Å². The van der Waals surface area contributed by atoms with Crippen LogP contribution in [0.5, 0.6) is 0 Å². The molecule has 5 nitrogen and oxygen atoms in total. The molecule has 4 aromatic rings. The molecule has 0 aliphatic heterocycles. The molecule has 0 amide bonds. The number of carboxylic acid groups (broad SMARTS) is 1. The summed E-state index contributed by atoms with van der Waals surface area (Å²) in [6.45, 7) is 0.710. The lowest BCUT2D eigenvalue weighted by Crippen LogP contribution is -2.03. The van der Waals surface area contributed by atoms with Crippen LogP contribution < -0.4 is 5.32 Å². The van der Waals surface area contributed by atoms with Crippen molar-refractivity contribution in [2.45, 2.75) is 6.54 Å². The summed E-state index contributed by atoms with van der Waals surface area (Å²) >= 11 is 5.93. The summed E-state index contributed by atoms with van der Waals surface area (Å²) in [5.41, 5.74) is 3.40. The van der Waals surface area contributed by atoms with Gasteiger partial charge in [0.1, 0.15) is 5.65 Å². The van der Waals surface area contributed by atoms with Crippen LogP contribution in [0.1, 0.15) is 15.9 Å². The minimum Gasteiger partial charge on any atom is -0.478 e. The Morgan fingerprint density at radius 3 is 2.67 bits per heavy atom. The standard InChI is InChI=1S/C21H16ClN3O2/c22-15-6-7-18(17(12-15)21(26)27)24-19-8-10-23-20-16(19)9-11-25(20)13-14-4-2-1-3-5-14/h1-12H,13H2,(H,23,24)(H,26,27). The fourth-order valence-electron chi connectivity index (χ4n) is 3.05. The van der Waals surface area contributed by atoms with Crippen molar-refractivity contribution in [1.29, 1.82) is 0 Å². The smallest absolute Gasteiger partial charge is 0.337 e. The highest BCUT2D eigenvalue weighted by Gasteiger charge is 2.13. The maximum atomic E-state index is 11.5. The second kappa shape index (κ2) is 7.13. The monoisotopic (exact) mass is 377 g/mol. The van der Waals surface area contributed by atoms with Gasteiger partial charge < -0.3 is 15.0 Å². The second-order valence-electron chi connectivity index (χ2n) is 6.15. The number of pyridine rings is 1. The van der Waals surface area contributed by atoms with Gasteiger partial charge in [-0.15, -0.1) is 0 Å². The molecule has 0 atom stereocenters. The third kappa shape index (κ3) is 3.50. The van der Waals surface area contributed by atoms with E-state index < -0.39 is 5.97 Å². The number of rotatable bonds is 5. The number of aromatic nitrogens is 2. The zero-order valence-corrected chi connectivity index (χ0v) is 15.0. The van der Waals surface area contributed by atoms with Crippen LogP contribution in [0.15, 0.2) is 73.1 Å². The first-order valence-electron chi connectivity index (χ1n) is 8.39. The van der Waals surface area contributed by atoms with Gasteiger partial charge >= 0.3 is 5.97 Å². The van der Waals surface area contributed by atoms with Crippen molar-refractivity contribution in [3.8, 4) is 0 Å². The molecular weight excluding hydrogens is 362 g/mol. The Kier molecular flexibility index (Phi) is 4.52. The van der Waals surface area contributed by atoms with E-state index >= 15 is 0 Å². The Bertz CT molecular complexity index is 1120. The maximum Gasteiger partial charge on any atom is 0.337 e. The molecule has 0 saturated carbocycles. The minimum atomic E-state index is -1.04. The van der Waals surface area contributed by atoms with Gasteiger partial charge in [-0.05, 0) is 35.9 Å². The fourth-order valence-corrected chi connectivity index (χ4v) is 3.23. The first-order chi connectivity index (χ1) is 13.1. The highest BCUT2D eigenvalue weighted by Crippen LogP contribution is 2.29. The third-order valence-corrected chi connectivity index (χ3v) is 4.57. The lowest BCUT2D eigenvalue weighted by Gasteiger charge is -2.11. The predicted molar refractivity (Wildman–Crippen MR) is 107 cm³/mol. The molecule has 0 spiro atoms. The average Bonchev–Trinajstić information content (AvgIpc) is 3.08. The molecule has 2 aromatic heterocycles. The number of nitrogens with zero attached hydrogens (tertiary/aromatic N) is 2. The van der Waals surface area contributed by atoms with Gasteiger partial charge in [0.25, 0.3) is 0 Å². The maximum absolute atomic E-state index is 11.5. The summed E-state index contributed by atoms with van der Waals surface area (Å²) in [4.78, 5) is 16.0. The topological polar surface area (TPSA) is 67.2 Å². The van der Waals surface area contributed by atoms with Gasteiger partial charge in [0.05, 0.1) is 16.9 Å². The SMILES string of the molecule is O=C(O)c1cc(Cl)ccc1Nc1ccnc2c1ccn2Cc1ccccc1. The Morgan fingerprint density at radius 1 is 1.07 bits per heavy atom. The van der Waals surface area contributed by atoms with Crippen LogP contribution in [-0.4, -0.2) is 20.6 Å². The van der Waals surface area contributed by atoms with Crippen molar-refractivity contribution in [1.82, 2.24) is 9.55 Å². The van der Waals surface area contributed by atoms with Gasteiger partial charge in [-0.1, -0.05) is 41.9 Å². The Hall–Kier alpha value is -3.31. The number of carboxylic acids is 1. The predicted octanol–water partition coefficient (Wildman–Crippen LogP) is 5.18. The Balaban J connectivity index is 1.71. The first-order valence-corrected chi connectivity index (χ1v) is 8.77. The largest absolute Gasteiger partial charge is 0.478 e. The van der Waals surface area contributed by atoms with Gasteiger partial charge in [-0.2, -0.15) is 0 Å². The number of carbonyl (C=O) groups is 1.